The second-order valence-electron chi connectivity index (χ2n) is 5.91. The maximum atomic E-state index is 13.0. The van der Waals surface area contributed by atoms with Gasteiger partial charge in [0.05, 0.1) is 21.7 Å². The highest BCUT2D eigenvalue weighted by molar-refractivity contribution is 9.11. The number of barbiturate groups is 1. The van der Waals surface area contributed by atoms with E-state index in [4.69, 9.17) is 4.74 Å². The van der Waals surface area contributed by atoms with Crippen LogP contribution in [0.4, 0.5) is 10.5 Å². The van der Waals surface area contributed by atoms with Crippen molar-refractivity contribution in [1.29, 1.82) is 0 Å². The Labute approximate surface area is 186 Å². The summed E-state index contributed by atoms with van der Waals surface area (Å²) in [4.78, 5) is 38.5. The Morgan fingerprint density at radius 2 is 1.64 bits per heavy atom. The third-order valence-corrected chi connectivity index (χ3v) is 6.10. The fourth-order valence-corrected chi connectivity index (χ4v) is 4.48. The molecule has 0 saturated carbocycles. The Kier molecular flexibility index (Phi) is 6.07. The van der Waals surface area contributed by atoms with Crippen LogP contribution in [0.2, 0.25) is 0 Å². The summed E-state index contributed by atoms with van der Waals surface area (Å²) in [5.74, 6) is -0.856. The lowest BCUT2D eigenvalue weighted by atomic mass is 10.1. The van der Waals surface area contributed by atoms with Gasteiger partial charge in [0.15, 0.2) is 0 Å². The minimum atomic E-state index is -0.786. The monoisotopic (exact) mass is 570 g/mol. The third-order valence-electron chi connectivity index (χ3n) is 4.04. The van der Waals surface area contributed by atoms with Crippen molar-refractivity contribution < 1.29 is 19.1 Å². The van der Waals surface area contributed by atoms with Gasteiger partial charge in [-0.05, 0) is 86.3 Å². The standard InChI is InChI=1S/C19H13Br3N2O4/c1-9-5-11(3-4-13(9)20)24-18(26)12(17(25)23-19(24)27)6-10-7-14(21)16(28-2)15(22)8-10/h3-8H,1-2H3,(H,23,25,27)/b12-6+. The van der Waals surface area contributed by atoms with Gasteiger partial charge in [0, 0.05) is 4.47 Å². The zero-order valence-electron chi connectivity index (χ0n) is 14.7. The largest absolute Gasteiger partial charge is 0.494 e. The number of benzene rings is 2. The second-order valence-corrected chi connectivity index (χ2v) is 8.47. The lowest BCUT2D eigenvalue weighted by molar-refractivity contribution is -0.122. The highest BCUT2D eigenvalue weighted by Crippen LogP contribution is 2.35. The fraction of sp³-hybridized carbons (Fsp3) is 0.105. The molecule has 1 aliphatic heterocycles. The number of rotatable bonds is 3. The normalized spacial score (nSPS) is 15.8. The van der Waals surface area contributed by atoms with Crippen LogP contribution in [0.1, 0.15) is 11.1 Å². The highest BCUT2D eigenvalue weighted by atomic mass is 79.9. The van der Waals surface area contributed by atoms with Gasteiger partial charge in [-0.25, -0.2) is 9.69 Å². The number of aryl methyl sites for hydroxylation is 1. The van der Waals surface area contributed by atoms with E-state index in [-0.39, 0.29) is 5.57 Å². The molecule has 0 radical (unpaired) electrons. The van der Waals surface area contributed by atoms with E-state index in [1.807, 2.05) is 6.92 Å². The molecule has 0 aliphatic carbocycles. The summed E-state index contributed by atoms with van der Waals surface area (Å²) in [6.07, 6.45) is 1.43. The zero-order valence-corrected chi connectivity index (χ0v) is 19.4. The number of nitrogens with zero attached hydrogens (tertiary/aromatic N) is 1. The van der Waals surface area contributed by atoms with E-state index in [2.05, 4.69) is 53.1 Å². The summed E-state index contributed by atoms with van der Waals surface area (Å²) in [6.45, 7) is 1.84. The van der Waals surface area contributed by atoms with E-state index in [0.717, 1.165) is 14.9 Å². The Bertz CT molecular complexity index is 1030. The third kappa shape index (κ3) is 3.92. The van der Waals surface area contributed by atoms with Crippen LogP contribution >= 0.6 is 47.8 Å². The Morgan fingerprint density at radius 3 is 2.21 bits per heavy atom. The van der Waals surface area contributed by atoms with Crippen LogP contribution in [0, 0.1) is 6.92 Å². The van der Waals surface area contributed by atoms with Crippen LogP contribution in [0.5, 0.6) is 5.75 Å². The first-order valence-electron chi connectivity index (χ1n) is 7.93. The Balaban J connectivity index is 2.05. The van der Waals surface area contributed by atoms with Crippen LogP contribution < -0.4 is 15.0 Å². The number of methoxy groups -OCH3 is 1. The first-order valence-corrected chi connectivity index (χ1v) is 10.3. The average molecular weight is 573 g/mol. The van der Waals surface area contributed by atoms with Crippen LogP contribution in [0.25, 0.3) is 6.08 Å². The van der Waals surface area contributed by atoms with Gasteiger partial charge in [0.2, 0.25) is 0 Å². The van der Waals surface area contributed by atoms with E-state index in [1.54, 1.807) is 30.3 Å². The van der Waals surface area contributed by atoms with Crippen LogP contribution in [0.3, 0.4) is 0 Å². The summed E-state index contributed by atoms with van der Waals surface area (Å²) in [6, 6.07) is 7.69. The first-order chi connectivity index (χ1) is 13.2. The quantitative estimate of drug-likeness (QED) is 0.417. The van der Waals surface area contributed by atoms with Crippen molar-refractivity contribution in [3.63, 3.8) is 0 Å². The molecule has 1 aliphatic rings. The number of imide groups is 2. The molecule has 2 aromatic rings. The SMILES string of the molecule is COc1c(Br)cc(/C=C2\C(=O)NC(=O)N(c3ccc(Br)c(C)c3)C2=O)cc1Br. The maximum Gasteiger partial charge on any atom is 0.335 e. The van der Waals surface area contributed by atoms with Crippen LogP contribution in [-0.4, -0.2) is 25.0 Å². The van der Waals surface area contributed by atoms with Crippen molar-refractivity contribution in [2.24, 2.45) is 0 Å². The van der Waals surface area contributed by atoms with E-state index < -0.39 is 17.8 Å². The zero-order chi connectivity index (χ0) is 20.6. The number of anilines is 1. The lowest BCUT2D eigenvalue weighted by Crippen LogP contribution is -2.54. The van der Waals surface area contributed by atoms with Crippen molar-refractivity contribution >= 4 is 77.4 Å². The van der Waals surface area contributed by atoms with Gasteiger partial charge in [-0.3, -0.25) is 14.9 Å². The number of amides is 4. The van der Waals surface area contributed by atoms with Gasteiger partial charge in [-0.15, -0.1) is 0 Å². The van der Waals surface area contributed by atoms with Gasteiger partial charge < -0.3 is 4.74 Å². The minimum Gasteiger partial charge on any atom is -0.494 e. The smallest absolute Gasteiger partial charge is 0.335 e. The van der Waals surface area contributed by atoms with Gasteiger partial charge in [0.1, 0.15) is 11.3 Å². The van der Waals surface area contributed by atoms with Crippen LogP contribution in [-0.2, 0) is 9.59 Å². The molecule has 1 saturated heterocycles. The van der Waals surface area contributed by atoms with Gasteiger partial charge >= 0.3 is 6.03 Å². The van der Waals surface area contributed by atoms with Crippen molar-refractivity contribution in [3.05, 3.63) is 60.5 Å². The molecule has 1 N–H and O–H groups in total. The molecule has 1 fully saturated rings. The molecule has 2 aromatic carbocycles. The first kappa shape index (κ1) is 20.8. The molecule has 1 heterocycles. The number of carbonyl (C=O) groups excluding carboxylic acids is 3. The lowest BCUT2D eigenvalue weighted by Gasteiger charge is -2.26. The topological polar surface area (TPSA) is 75.7 Å². The van der Waals surface area contributed by atoms with Crippen molar-refractivity contribution in [1.82, 2.24) is 5.32 Å². The molecule has 6 nitrogen and oxygen atoms in total. The summed E-state index contributed by atoms with van der Waals surface area (Å²) < 4.78 is 7.40. The van der Waals surface area contributed by atoms with Gasteiger partial charge in [-0.2, -0.15) is 0 Å². The van der Waals surface area contributed by atoms with Gasteiger partial charge in [0.25, 0.3) is 11.8 Å². The molecule has 9 heteroatoms. The predicted molar refractivity (Wildman–Crippen MR) is 116 cm³/mol. The summed E-state index contributed by atoms with van der Waals surface area (Å²) in [5, 5.41) is 2.21. The van der Waals surface area contributed by atoms with E-state index in [1.165, 1.54) is 13.2 Å². The molecule has 0 atom stereocenters. The van der Waals surface area contributed by atoms with E-state index in [9.17, 15) is 14.4 Å². The molecule has 28 heavy (non-hydrogen) atoms. The maximum absolute atomic E-state index is 13.0. The molecule has 144 valence electrons. The van der Waals surface area contributed by atoms with E-state index >= 15 is 0 Å². The molecule has 0 spiro atoms. The summed E-state index contributed by atoms with van der Waals surface area (Å²) >= 11 is 10.2. The van der Waals surface area contributed by atoms with Gasteiger partial charge in [-0.1, -0.05) is 15.9 Å². The molecule has 0 unspecified atom stereocenters. The summed E-state index contributed by atoms with van der Waals surface area (Å²) in [7, 11) is 1.53. The number of hydrogen-bond donors (Lipinski definition) is 1. The number of halogens is 3. The predicted octanol–water partition coefficient (Wildman–Crippen LogP) is 4.96. The number of urea groups is 1. The Hall–Kier alpha value is -1.97. The number of hydrogen-bond acceptors (Lipinski definition) is 4. The second kappa shape index (κ2) is 8.18. The molecule has 0 bridgehead atoms. The minimum absolute atomic E-state index is 0.149. The average Bonchev–Trinajstić information content (AvgIpc) is 2.61. The molecular formula is C19H13Br3N2O4. The molecule has 3 rings (SSSR count). The van der Waals surface area contributed by atoms with Crippen LogP contribution in [0.15, 0.2) is 49.3 Å². The number of ether oxygens (including phenoxy) is 1. The van der Waals surface area contributed by atoms with Crippen molar-refractivity contribution in [3.8, 4) is 5.75 Å². The highest BCUT2D eigenvalue weighted by Gasteiger charge is 2.37. The Morgan fingerprint density at radius 1 is 1.00 bits per heavy atom. The number of nitrogens with one attached hydrogen (secondary N) is 1. The van der Waals surface area contributed by atoms with Crippen molar-refractivity contribution in [2.45, 2.75) is 6.92 Å². The van der Waals surface area contributed by atoms with Crippen molar-refractivity contribution in [2.75, 3.05) is 12.0 Å². The van der Waals surface area contributed by atoms with E-state index in [0.29, 0.717) is 25.9 Å². The number of carbonyl (C=O) groups is 3. The molecule has 0 aromatic heterocycles. The summed E-state index contributed by atoms with van der Waals surface area (Å²) in [5.41, 5.74) is 1.66. The molecule has 4 amide bonds. The fourth-order valence-electron chi connectivity index (χ4n) is 2.68. The molecular weight excluding hydrogens is 560 g/mol.